The van der Waals surface area contributed by atoms with Crippen molar-refractivity contribution in [2.24, 2.45) is 16.3 Å². The number of carbonyl (C=O) groups is 1. The molecule has 1 heterocycles. The summed E-state index contributed by atoms with van der Waals surface area (Å²) in [6, 6.07) is 0. The highest BCUT2D eigenvalue weighted by Crippen LogP contribution is 2.39. The molecule has 0 aromatic heterocycles. The second-order valence-corrected chi connectivity index (χ2v) is 9.04. The van der Waals surface area contributed by atoms with Crippen LogP contribution in [0.1, 0.15) is 65.2 Å². The van der Waals surface area contributed by atoms with Crippen LogP contribution < -0.4 is 10.6 Å². The quantitative estimate of drug-likeness (QED) is 0.212. The van der Waals surface area contributed by atoms with Crippen LogP contribution in [-0.2, 0) is 4.79 Å². The monoisotopic (exact) mass is 521 g/mol. The highest BCUT2D eigenvalue weighted by molar-refractivity contribution is 14.0. The molecule has 1 aliphatic carbocycles. The lowest BCUT2D eigenvalue weighted by Crippen LogP contribution is -2.43. The average Bonchev–Trinajstić information content (AvgIpc) is 3.16. The van der Waals surface area contributed by atoms with Crippen LogP contribution in [-0.4, -0.2) is 75.0 Å². The molecule has 7 heteroatoms. The standard InChI is InChI=1S/C22H43N5O.HI/c1-5-23-21(24-14-8-9-15-27-16-10-19(2)11-17-27)25-18-22(12-6-7-13-22)20(28)26(3)4;/h19H,5-18H2,1-4H3,(H2,23,24,25);1H. The number of unbranched alkanes of at least 4 members (excludes halogenated alkanes) is 1. The van der Waals surface area contributed by atoms with Gasteiger partial charge in [-0.25, -0.2) is 0 Å². The second kappa shape index (κ2) is 13.7. The fourth-order valence-corrected chi connectivity index (χ4v) is 4.49. The van der Waals surface area contributed by atoms with Crippen molar-refractivity contribution in [2.45, 2.75) is 65.2 Å². The molecule has 2 rings (SSSR count). The largest absolute Gasteiger partial charge is 0.357 e. The van der Waals surface area contributed by atoms with E-state index >= 15 is 0 Å². The molecule has 0 bridgehead atoms. The van der Waals surface area contributed by atoms with E-state index in [-0.39, 0.29) is 35.3 Å². The minimum Gasteiger partial charge on any atom is -0.357 e. The number of aliphatic imine (C=N–C) groups is 1. The molecule has 0 spiro atoms. The normalized spacial score (nSPS) is 20.2. The van der Waals surface area contributed by atoms with Gasteiger partial charge >= 0.3 is 0 Å². The number of likely N-dealkylation sites (tertiary alicyclic amines) is 1. The zero-order valence-electron chi connectivity index (χ0n) is 19.1. The third-order valence-corrected chi connectivity index (χ3v) is 6.37. The van der Waals surface area contributed by atoms with E-state index in [1.54, 1.807) is 4.90 Å². The minimum absolute atomic E-state index is 0. The molecule has 0 unspecified atom stereocenters. The van der Waals surface area contributed by atoms with Crippen molar-refractivity contribution in [3.05, 3.63) is 0 Å². The minimum atomic E-state index is -0.294. The zero-order valence-corrected chi connectivity index (χ0v) is 21.5. The predicted octanol–water partition coefficient (Wildman–Crippen LogP) is 3.32. The first-order valence-electron chi connectivity index (χ1n) is 11.4. The molecule has 0 atom stereocenters. The van der Waals surface area contributed by atoms with Gasteiger partial charge in [0.2, 0.25) is 5.91 Å². The maximum absolute atomic E-state index is 12.7. The van der Waals surface area contributed by atoms with Gasteiger partial charge in [-0.05, 0) is 71.0 Å². The van der Waals surface area contributed by atoms with Crippen LogP contribution in [0.15, 0.2) is 4.99 Å². The summed E-state index contributed by atoms with van der Waals surface area (Å²) in [5.74, 6) is 1.99. The van der Waals surface area contributed by atoms with Crippen LogP contribution in [0.25, 0.3) is 0 Å². The fourth-order valence-electron chi connectivity index (χ4n) is 4.49. The highest BCUT2D eigenvalue weighted by Gasteiger charge is 2.42. The van der Waals surface area contributed by atoms with Gasteiger partial charge in [-0.1, -0.05) is 19.8 Å². The van der Waals surface area contributed by atoms with E-state index in [1.165, 1.54) is 38.9 Å². The van der Waals surface area contributed by atoms with Gasteiger partial charge in [-0.2, -0.15) is 0 Å². The summed E-state index contributed by atoms with van der Waals surface area (Å²) in [7, 11) is 3.72. The maximum Gasteiger partial charge on any atom is 0.230 e. The zero-order chi connectivity index (χ0) is 20.4. The lowest BCUT2D eigenvalue weighted by Gasteiger charge is -2.30. The van der Waals surface area contributed by atoms with E-state index in [1.807, 2.05) is 14.1 Å². The van der Waals surface area contributed by atoms with Gasteiger partial charge in [0.25, 0.3) is 0 Å². The van der Waals surface area contributed by atoms with Crippen LogP contribution >= 0.6 is 24.0 Å². The van der Waals surface area contributed by atoms with Crippen molar-refractivity contribution in [2.75, 3.05) is 53.4 Å². The third kappa shape index (κ3) is 8.59. The summed E-state index contributed by atoms with van der Waals surface area (Å²) >= 11 is 0. The number of amides is 1. The average molecular weight is 522 g/mol. The van der Waals surface area contributed by atoms with Gasteiger partial charge in [0, 0.05) is 27.2 Å². The van der Waals surface area contributed by atoms with E-state index in [9.17, 15) is 4.79 Å². The Morgan fingerprint density at radius 1 is 1.14 bits per heavy atom. The molecule has 2 N–H and O–H groups in total. The molecular formula is C22H44IN5O. The molecular weight excluding hydrogens is 477 g/mol. The van der Waals surface area contributed by atoms with E-state index in [2.05, 4.69) is 29.4 Å². The van der Waals surface area contributed by atoms with Gasteiger partial charge < -0.3 is 20.4 Å². The molecule has 29 heavy (non-hydrogen) atoms. The number of carbonyl (C=O) groups excluding carboxylic acids is 1. The summed E-state index contributed by atoms with van der Waals surface area (Å²) in [5.41, 5.74) is -0.294. The SMILES string of the molecule is CCNC(=NCC1(C(=O)N(C)C)CCCC1)NCCCCN1CCC(C)CC1.I. The first kappa shape index (κ1) is 26.5. The number of hydrogen-bond donors (Lipinski definition) is 2. The number of nitrogens with zero attached hydrogens (tertiary/aromatic N) is 3. The van der Waals surface area contributed by atoms with Gasteiger partial charge in [0.05, 0.1) is 12.0 Å². The van der Waals surface area contributed by atoms with Crippen LogP contribution in [0.3, 0.4) is 0 Å². The molecule has 2 aliphatic rings. The van der Waals surface area contributed by atoms with E-state index in [0.29, 0.717) is 6.54 Å². The van der Waals surface area contributed by atoms with Gasteiger partial charge in [0.15, 0.2) is 5.96 Å². The molecule has 1 aliphatic heterocycles. The number of halogens is 1. The van der Waals surface area contributed by atoms with Crippen LogP contribution in [0, 0.1) is 11.3 Å². The molecule has 6 nitrogen and oxygen atoms in total. The molecule has 0 aromatic rings. The first-order valence-corrected chi connectivity index (χ1v) is 11.4. The van der Waals surface area contributed by atoms with Crippen molar-refractivity contribution in [3.63, 3.8) is 0 Å². The number of rotatable bonds is 9. The Morgan fingerprint density at radius 2 is 1.79 bits per heavy atom. The van der Waals surface area contributed by atoms with Crippen molar-refractivity contribution in [3.8, 4) is 0 Å². The van der Waals surface area contributed by atoms with Crippen molar-refractivity contribution >= 4 is 35.8 Å². The Balaban J connectivity index is 0.00000420. The summed E-state index contributed by atoms with van der Waals surface area (Å²) in [6.07, 6.45) is 9.26. The van der Waals surface area contributed by atoms with Crippen molar-refractivity contribution < 1.29 is 4.79 Å². The van der Waals surface area contributed by atoms with Crippen LogP contribution in [0.4, 0.5) is 0 Å². The van der Waals surface area contributed by atoms with Gasteiger partial charge in [-0.15, -0.1) is 24.0 Å². The van der Waals surface area contributed by atoms with Crippen molar-refractivity contribution in [1.82, 2.24) is 20.4 Å². The Labute approximate surface area is 195 Å². The maximum atomic E-state index is 12.7. The van der Waals surface area contributed by atoms with Crippen LogP contribution in [0.5, 0.6) is 0 Å². The fraction of sp³-hybridized carbons (Fsp3) is 0.909. The summed E-state index contributed by atoms with van der Waals surface area (Å²) in [6.45, 7) is 10.6. The van der Waals surface area contributed by atoms with E-state index in [4.69, 9.17) is 4.99 Å². The number of piperidine rings is 1. The Hall–Kier alpha value is -0.570. The lowest BCUT2D eigenvalue weighted by atomic mass is 9.85. The topological polar surface area (TPSA) is 60.0 Å². The number of guanidine groups is 1. The smallest absolute Gasteiger partial charge is 0.230 e. The summed E-state index contributed by atoms with van der Waals surface area (Å²) in [5, 5.41) is 6.81. The molecule has 0 aromatic carbocycles. The lowest BCUT2D eigenvalue weighted by molar-refractivity contribution is -0.138. The van der Waals surface area contributed by atoms with Crippen molar-refractivity contribution in [1.29, 1.82) is 0 Å². The van der Waals surface area contributed by atoms with E-state index in [0.717, 1.165) is 57.1 Å². The molecule has 1 amide bonds. The molecule has 1 saturated carbocycles. The van der Waals surface area contributed by atoms with Gasteiger partial charge in [-0.3, -0.25) is 9.79 Å². The second-order valence-electron chi connectivity index (χ2n) is 9.04. The summed E-state index contributed by atoms with van der Waals surface area (Å²) < 4.78 is 0. The Morgan fingerprint density at radius 3 is 2.38 bits per heavy atom. The number of hydrogen-bond acceptors (Lipinski definition) is 3. The first-order chi connectivity index (χ1) is 13.5. The molecule has 1 saturated heterocycles. The molecule has 2 fully saturated rings. The Kier molecular flexibility index (Phi) is 12.5. The molecule has 0 radical (unpaired) electrons. The Bertz CT molecular complexity index is 497. The highest BCUT2D eigenvalue weighted by atomic mass is 127. The van der Waals surface area contributed by atoms with Gasteiger partial charge in [0.1, 0.15) is 0 Å². The van der Waals surface area contributed by atoms with Crippen LogP contribution in [0.2, 0.25) is 0 Å². The predicted molar refractivity (Wildman–Crippen MR) is 133 cm³/mol. The van der Waals surface area contributed by atoms with E-state index < -0.39 is 0 Å². The summed E-state index contributed by atoms with van der Waals surface area (Å²) in [4.78, 5) is 21.9. The third-order valence-electron chi connectivity index (χ3n) is 6.37. The molecule has 170 valence electrons. The number of nitrogens with one attached hydrogen (secondary N) is 2.